The molecule has 25 heavy (non-hydrogen) atoms. The monoisotopic (exact) mass is 477 g/mol. The van der Waals surface area contributed by atoms with Gasteiger partial charge in [0.1, 0.15) is 11.6 Å². The van der Waals surface area contributed by atoms with Gasteiger partial charge in [0.25, 0.3) is 0 Å². The smallest absolute Gasteiger partial charge is 0.191 e. The normalized spacial score (nSPS) is 10.8. The predicted molar refractivity (Wildman–Crippen MR) is 112 cm³/mol. The fourth-order valence-electron chi connectivity index (χ4n) is 2.28. The molecule has 7 heteroatoms. The van der Waals surface area contributed by atoms with Crippen LogP contribution in [-0.2, 0) is 13.0 Å². The molecule has 0 aliphatic carbocycles. The summed E-state index contributed by atoms with van der Waals surface area (Å²) in [4.78, 5) is 4.17. The fraction of sp³-hybridized carbons (Fsp3) is 0.278. The van der Waals surface area contributed by atoms with Crippen LogP contribution in [0.2, 0.25) is 5.02 Å². The Hall–Kier alpha value is -1.54. The SMILES string of the molecule is CN=C(NCCc1ccccc1OC)NCc1ccc(F)c(Cl)c1.I. The van der Waals surface area contributed by atoms with Gasteiger partial charge in [-0.1, -0.05) is 35.9 Å². The number of hydrogen-bond acceptors (Lipinski definition) is 2. The van der Waals surface area contributed by atoms with Crippen LogP contribution in [0.15, 0.2) is 47.5 Å². The van der Waals surface area contributed by atoms with E-state index in [9.17, 15) is 4.39 Å². The Morgan fingerprint density at radius 3 is 2.64 bits per heavy atom. The van der Waals surface area contributed by atoms with Gasteiger partial charge in [-0.15, -0.1) is 24.0 Å². The molecule has 0 heterocycles. The van der Waals surface area contributed by atoms with Crippen molar-refractivity contribution in [2.45, 2.75) is 13.0 Å². The molecule has 0 saturated carbocycles. The van der Waals surface area contributed by atoms with Crippen LogP contribution in [-0.4, -0.2) is 26.7 Å². The van der Waals surface area contributed by atoms with Gasteiger partial charge in [-0.2, -0.15) is 0 Å². The molecule has 2 rings (SSSR count). The van der Waals surface area contributed by atoms with Gasteiger partial charge in [0.2, 0.25) is 0 Å². The Morgan fingerprint density at radius 2 is 1.96 bits per heavy atom. The molecular weight excluding hydrogens is 456 g/mol. The Morgan fingerprint density at radius 1 is 1.20 bits per heavy atom. The molecule has 0 spiro atoms. The Labute approximate surface area is 169 Å². The van der Waals surface area contributed by atoms with Crippen LogP contribution in [0.4, 0.5) is 4.39 Å². The number of rotatable bonds is 6. The van der Waals surface area contributed by atoms with Crippen LogP contribution < -0.4 is 15.4 Å². The molecule has 0 fully saturated rings. The molecule has 0 aliphatic heterocycles. The van der Waals surface area contributed by atoms with E-state index in [1.807, 2.05) is 24.3 Å². The van der Waals surface area contributed by atoms with E-state index in [0.717, 1.165) is 23.3 Å². The standard InChI is InChI=1S/C18H21ClFN3O.HI/c1-21-18(23-12-13-7-8-16(20)15(19)11-13)22-10-9-14-5-3-4-6-17(14)24-2;/h3-8,11H,9-10,12H2,1-2H3,(H2,21,22,23);1H. The Kier molecular flexibility index (Phi) is 9.59. The van der Waals surface area contributed by atoms with Crippen LogP contribution in [0.25, 0.3) is 0 Å². The van der Waals surface area contributed by atoms with Crippen LogP contribution >= 0.6 is 35.6 Å². The minimum Gasteiger partial charge on any atom is -0.496 e. The number of aliphatic imine (C=N–C) groups is 1. The number of methoxy groups -OCH3 is 1. The molecule has 2 aromatic carbocycles. The molecule has 0 aromatic heterocycles. The molecule has 0 bridgehead atoms. The second kappa shape index (κ2) is 11.1. The van der Waals surface area contributed by atoms with Crippen molar-refractivity contribution in [3.05, 3.63) is 64.4 Å². The zero-order chi connectivity index (χ0) is 17.4. The van der Waals surface area contributed by atoms with E-state index in [-0.39, 0.29) is 29.0 Å². The van der Waals surface area contributed by atoms with Crippen LogP contribution in [0, 0.1) is 5.82 Å². The molecule has 0 unspecified atom stereocenters. The van der Waals surface area contributed by atoms with Gasteiger partial charge in [0, 0.05) is 20.1 Å². The fourth-order valence-corrected chi connectivity index (χ4v) is 2.48. The first-order valence-electron chi connectivity index (χ1n) is 7.64. The lowest BCUT2D eigenvalue weighted by Gasteiger charge is -2.13. The van der Waals surface area contributed by atoms with Crippen LogP contribution in [0.1, 0.15) is 11.1 Å². The van der Waals surface area contributed by atoms with Gasteiger partial charge in [0.05, 0.1) is 12.1 Å². The van der Waals surface area contributed by atoms with Crippen LogP contribution in [0.3, 0.4) is 0 Å². The highest BCUT2D eigenvalue weighted by Crippen LogP contribution is 2.17. The predicted octanol–water partition coefficient (Wildman–Crippen LogP) is 4.01. The van der Waals surface area contributed by atoms with Crippen LogP contribution in [0.5, 0.6) is 5.75 Å². The number of benzene rings is 2. The number of guanidine groups is 1. The first-order valence-corrected chi connectivity index (χ1v) is 8.02. The summed E-state index contributed by atoms with van der Waals surface area (Å²) in [5, 5.41) is 6.53. The molecule has 0 saturated heterocycles. The van der Waals surface area contributed by atoms with Gasteiger partial charge < -0.3 is 15.4 Å². The van der Waals surface area contributed by atoms with Gasteiger partial charge in [0.15, 0.2) is 5.96 Å². The van der Waals surface area contributed by atoms with E-state index in [1.165, 1.54) is 6.07 Å². The van der Waals surface area contributed by atoms with Gasteiger partial charge >= 0.3 is 0 Å². The first kappa shape index (κ1) is 21.5. The van der Waals surface area contributed by atoms with E-state index < -0.39 is 5.82 Å². The molecular formula is C18H22ClFIN3O. The van der Waals surface area contributed by atoms with Crippen molar-refractivity contribution >= 4 is 41.5 Å². The number of hydrogen-bond donors (Lipinski definition) is 2. The van der Waals surface area contributed by atoms with Crippen molar-refractivity contribution in [1.29, 1.82) is 0 Å². The molecule has 0 atom stereocenters. The van der Waals surface area contributed by atoms with E-state index in [2.05, 4.69) is 15.6 Å². The zero-order valence-electron chi connectivity index (χ0n) is 14.2. The summed E-state index contributed by atoms with van der Waals surface area (Å²) in [7, 11) is 3.37. The summed E-state index contributed by atoms with van der Waals surface area (Å²) in [6, 6.07) is 12.6. The number of para-hydroxylation sites is 1. The highest BCUT2D eigenvalue weighted by molar-refractivity contribution is 14.0. The minimum absolute atomic E-state index is 0. The summed E-state index contributed by atoms with van der Waals surface area (Å²) in [5.41, 5.74) is 2.02. The van der Waals surface area contributed by atoms with Gasteiger partial charge in [-0.3, -0.25) is 4.99 Å². The zero-order valence-corrected chi connectivity index (χ0v) is 17.3. The first-order chi connectivity index (χ1) is 11.6. The summed E-state index contributed by atoms with van der Waals surface area (Å²) >= 11 is 5.78. The number of ether oxygens (including phenoxy) is 1. The van der Waals surface area contributed by atoms with E-state index in [4.69, 9.17) is 16.3 Å². The van der Waals surface area contributed by atoms with E-state index in [1.54, 1.807) is 26.3 Å². The second-order valence-electron chi connectivity index (χ2n) is 5.16. The largest absolute Gasteiger partial charge is 0.496 e. The molecule has 2 N–H and O–H groups in total. The molecule has 0 radical (unpaired) electrons. The lowest BCUT2D eigenvalue weighted by Crippen LogP contribution is -2.37. The molecule has 0 aliphatic rings. The summed E-state index contributed by atoms with van der Waals surface area (Å²) < 4.78 is 18.5. The van der Waals surface area contributed by atoms with Crippen molar-refractivity contribution in [2.24, 2.45) is 4.99 Å². The van der Waals surface area contributed by atoms with E-state index >= 15 is 0 Å². The average Bonchev–Trinajstić information content (AvgIpc) is 2.61. The number of nitrogens with zero attached hydrogens (tertiary/aromatic N) is 1. The Bertz CT molecular complexity index is 712. The van der Waals surface area contributed by atoms with Crippen molar-refractivity contribution < 1.29 is 9.13 Å². The number of halogens is 3. The maximum Gasteiger partial charge on any atom is 0.191 e. The minimum atomic E-state index is -0.417. The van der Waals surface area contributed by atoms with Crippen molar-refractivity contribution in [3.8, 4) is 5.75 Å². The Balaban J connectivity index is 0.00000312. The summed E-state index contributed by atoms with van der Waals surface area (Å²) in [6.45, 7) is 1.22. The van der Waals surface area contributed by atoms with Crippen molar-refractivity contribution in [1.82, 2.24) is 10.6 Å². The lowest BCUT2D eigenvalue weighted by atomic mass is 10.1. The third kappa shape index (κ3) is 6.70. The molecule has 136 valence electrons. The lowest BCUT2D eigenvalue weighted by molar-refractivity contribution is 0.409. The highest BCUT2D eigenvalue weighted by atomic mass is 127. The van der Waals surface area contributed by atoms with Crippen molar-refractivity contribution in [3.63, 3.8) is 0 Å². The molecule has 0 amide bonds. The highest BCUT2D eigenvalue weighted by Gasteiger charge is 2.04. The second-order valence-corrected chi connectivity index (χ2v) is 5.57. The van der Waals surface area contributed by atoms with Gasteiger partial charge in [-0.25, -0.2) is 4.39 Å². The average molecular weight is 478 g/mol. The maximum atomic E-state index is 13.2. The van der Waals surface area contributed by atoms with E-state index in [0.29, 0.717) is 19.0 Å². The maximum absolute atomic E-state index is 13.2. The summed E-state index contributed by atoms with van der Waals surface area (Å²) in [6.07, 6.45) is 0.813. The number of nitrogens with one attached hydrogen (secondary N) is 2. The quantitative estimate of drug-likeness (QED) is 0.375. The molecule has 4 nitrogen and oxygen atoms in total. The van der Waals surface area contributed by atoms with Gasteiger partial charge in [-0.05, 0) is 35.7 Å². The summed E-state index contributed by atoms with van der Waals surface area (Å²) in [5.74, 6) is 1.13. The third-order valence-electron chi connectivity index (χ3n) is 3.55. The molecule has 2 aromatic rings. The third-order valence-corrected chi connectivity index (χ3v) is 3.84. The topological polar surface area (TPSA) is 45.7 Å². The van der Waals surface area contributed by atoms with Crippen molar-refractivity contribution in [2.75, 3.05) is 20.7 Å².